The lowest BCUT2D eigenvalue weighted by atomic mass is 10.6. The Kier molecular flexibility index (Phi) is 2.50. The Balaban J connectivity index is 4.06. The first-order valence-electron chi connectivity index (χ1n) is 2.14. The van der Waals surface area contributed by atoms with Crippen LogP contribution in [0.25, 0.3) is 0 Å². The number of aliphatic hydroxyl groups is 1. The molecule has 0 aliphatic heterocycles. The average Bonchev–Trinajstić information content (AvgIpc) is 1.60. The summed E-state index contributed by atoms with van der Waals surface area (Å²) in [4.78, 5) is 0. The standard InChI is InChI=1S/C4H4F4O2/c1-2(5)3(9)10-4(6,7)8/h9H,1H3/b3-2-. The van der Waals surface area contributed by atoms with Gasteiger partial charge < -0.3 is 9.84 Å². The first-order chi connectivity index (χ1) is 4.33. The van der Waals surface area contributed by atoms with E-state index in [2.05, 4.69) is 4.74 Å². The molecule has 0 saturated heterocycles. The maximum Gasteiger partial charge on any atom is 0.575 e. The second kappa shape index (κ2) is 2.76. The van der Waals surface area contributed by atoms with E-state index in [0.717, 1.165) is 0 Å². The predicted molar refractivity (Wildman–Crippen MR) is 23.6 cm³/mol. The summed E-state index contributed by atoms with van der Waals surface area (Å²) in [6.45, 7) is 0.640. The van der Waals surface area contributed by atoms with Crippen LogP contribution >= 0.6 is 0 Å². The van der Waals surface area contributed by atoms with Crippen molar-refractivity contribution < 1.29 is 27.4 Å². The van der Waals surface area contributed by atoms with E-state index in [4.69, 9.17) is 5.11 Å². The number of hydrogen-bond donors (Lipinski definition) is 1. The molecule has 0 rings (SSSR count). The van der Waals surface area contributed by atoms with E-state index in [1.165, 1.54) is 0 Å². The zero-order valence-corrected chi connectivity index (χ0v) is 4.87. The third-order valence-corrected chi connectivity index (χ3v) is 0.507. The summed E-state index contributed by atoms with van der Waals surface area (Å²) in [6, 6.07) is 0. The Bertz CT molecular complexity index is 144. The second-order valence-electron chi connectivity index (χ2n) is 1.39. The minimum Gasteiger partial charge on any atom is -0.479 e. The molecule has 0 atom stereocenters. The van der Waals surface area contributed by atoms with Gasteiger partial charge >= 0.3 is 12.3 Å². The fraction of sp³-hybridized carbons (Fsp3) is 0.500. The van der Waals surface area contributed by atoms with Crippen LogP contribution in [0.4, 0.5) is 17.6 Å². The fourth-order valence-electron chi connectivity index (χ4n) is 0.180. The fourth-order valence-corrected chi connectivity index (χ4v) is 0.180. The molecule has 0 aromatic rings. The van der Waals surface area contributed by atoms with Crippen LogP contribution in [0.15, 0.2) is 11.8 Å². The van der Waals surface area contributed by atoms with Crippen molar-refractivity contribution in [2.24, 2.45) is 0 Å². The molecule has 0 amide bonds. The lowest BCUT2D eigenvalue weighted by Crippen LogP contribution is -2.13. The van der Waals surface area contributed by atoms with Crippen molar-refractivity contribution in [2.75, 3.05) is 0 Å². The molecule has 1 N–H and O–H groups in total. The van der Waals surface area contributed by atoms with Gasteiger partial charge in [-0.05, 0) is 6.92 Å². The summed E-state index contributed by atoms with van der Waals surface area (Å²) in [5.41, 5.74) is 0. The maximum absolute atomic E-state index is 11.6. The van der Waals surface area contributed by atoms with Crippen LogP contribution < -0.4 is 0 Å². The van der Waals surface area contributed by atoms with Gasteiger partial charge in [0.15, 0.2) is 5.83 Å². The summed E-state index contributed by atoms with van der Waals surface area (Å²) >= 11 is 0. The van der Waals surface area contributed by atoms with Crippen LogP contribution in [0, 0.1) is 0 Å². The van der Waals surface area contributed by atoms with E-state index in [1.54, 1.807) is 0 Å². The third-order valence-electron chi connectivity index (χ3n) is 0.507. The zero-order valence-electron chi connectivity index (χ0n) is 4.87. The number of rotatable bonds is 1. The lowest BCUT2D eigenvalue weighted by molar-refractivity contribution is -0.320. The topological polar surface area (TPSA) is 29.5 Å². The number of hydrogen-bond acceptors (Lipinski definition) is 2. The molecular formula is C4H4F4O2. The largest absolute Gasteiger partial charge is 0.575 e. The Morgan fingerprint density at radius 1 is 1.40 bits per heavy atom. The molecule has 0 radical (unpaired) electrons. The summed E-state index contributed by atoms with van der Waals surface area (Å²) in [5, 5.41) is 8.02. The van der Waals surface area contributed by atoms with Crippen LogP contribution in [0.2, 0.25) is 0 Å². The maximum atomic E-state index is 11.6. The number of ether oxygens (including phenoxy) is 1. The highest BCUT2D eigenvalue weighted by molar-refractivity contribution is 4.86. The third kappa shape index (κ3) is 3.99. The lowest BCUT2D eigenvalue weighted by Gasteiger charge is -2.06. The Morgan fingerprint density at radius 2 is 1.80 bits per heavy atom. The predicted octanol–water partition coefficient (Wildman–Crippen LogP) is 2.24. The second-order valence-corrected chi connectivity index (χ2v) is 1.39. The Morgan fingerprint density at radius 3 is 1.90 bits per heavy atom. The van der Waals surface area contributed by atoms with Crippen molar-refractivity contribution in [1.29, 1.82) is 0 Å². The minimum absolute atomic E-state index is 0.640. The smallest absolute Gasteiger partial charge is 0.479 e. The Labute approximate surface area is 53.7 Å². The van der Waals surface area contributed by atoms with Crippen molar-refractivity contribution in [3.05, 3.63) is 11.8 Å². The van der Waals surface area contributed by atoms with Gasteiger partial charge in [0.05, 0.1) is 0 Å². The SMILES string of the molecule is C/C(F)=C(\O)OC(F)(F)F. The highest BCUT2D eigenvalue weighted by Crippen LogP contribution is 2.20. The molecule has 6 heteroatoms. The van der Waals surface area contributed by atoms with Gasteiger partial charge in [0.2, 0.25) is 0 Å². The number of halogens is 4. The minimum atomic E-state index is -5.04. The normalized spacial score (nSPS) is 14.5. The van der Waals surface area contributed by atoms with Crippen molar-refractivity contribution in [2.45, 2.75) is 13.3 Å². The summed E-state index contributed by atoms with van der Waals surface area (Å²) in [6.07, 6.45) is -5.04. The molecule has 0 aliphatic rings. The van der Waals surface area contributed by atoms with E-state index in [0.29, 0.717) is 6.92 Å². The van der Waals surface area contributed by atoms with E-state index < -0.39 is 18.1 Å². The van der Waals surface area contributed by atoms with E-state index in [1.807, 2.05) is 0 Å². The molecular weight excluding hydrogens is 156 g/mol. The number of aliphatic hydroxyl groups excluding tert-OH is 1. The molecule has 0 fully saturated rings. The molecule has 0 spiro atoms. The first-order valence-corrected chi connectivity index (χ1v) is 2.14. The highest BCUT2D eigenvalue weighted by atomic mass is 19.4. The van der Waals surface area contributed by atoms with E-state index in [-0.39, 0.29) is 0 Å². The van der Waals surface area contributed by atoms with E-state index >= 15 is 0 Å². The molecule has 0 aliphatic carbocycles. The first kappa shape index (κ1) is 9.06. The van der Waals surface area contributed by atoms with Gasteiger partial charge in [-0.15, -0.1) is 13.2 Å². The van der Waals surface area contributed by atoms with Gasteiger partial charge in [-0.2, -0.15) is 0 Å². The average molecular weight is 160 g/mol. The van der Waals surface area contributed by atoms with Gasteiger partial charge in [0.1, 0.15) is 0 Å². The quantitative estimate of drug-likeness (QED) is 0.470. The number of alkyl halides is 3. The van der Waals surface area contributed by atoms with Gasteiger partial charge in [-0.3, -0.25) is 0 Å². The van der Waals surface area contributed by atoms with Gasteiger partial charge in [0.25, 0.3) is 0 Å². The van der Waals surface area contributed by atoms with Crippen LogP contribution in [0.3, 0.4) is 0 Å². The molecule has 0 aromatic heterocycles. The molecule has 0 bridgehead atoms. The summed E-state index contributed by atoms with van der Waals surface area (Å²) < 4.78 is 47.6. The van der Waals surface area contributed by atoms with Crippen LogP contribution in [0.1, 0.15) is 6.92 Å². The zero-order chi connectivity index (χ0) is 8.36. The highest BCUT2D eigenvalue weighted by Gasteiger charge is 2.33. The molecule has 0 heterocycles. The Hall–Kier alpha value is -0.940. The number of allylic oxidation sites excluding steroid dienone is 1. The molecule has 60 valence electrons. The van der Waals surface area contributed by atoms with Gasteiger partial charge in [-0.25, -0.2) is 4.39 Å². The van der Waals surface area contributed by atoms with Crippen LogP contribution in [0.5, 0.6) is 0 Å². The van der Waals surface area contributed by atoms with Crippen molar-refractivity contribution in [1.82, 2.24) is 0 Å². The van der Waals surface area contributed by atoms with Crippen molar-refractivity contribution in [3.8, 4) is 0 Å². The molecule has 2 nitrogen and oxygen atoms in total. The van der Waals surface area contributed by atoms with Crippen LogP contribution in [-0.2, 0) is 4.74 Å². The van der Waals surface area contributed by atoms with Crippen molar-refractivity contribution >= 4 is 0 Å². The van der Waals surface area contributed by atoms with Gasteiger partial charge in [-0.1, -0.05) is 0 Å². The summed E-state index contributed by atoms with van der Waals surface area (Å²) in [7, 11) is 0. The molecule has 10 heavy (non-hydrogen) atoms. The van der Waals surface area contributed by atoms with Crippen molar-refractivity contribution in [3.63, 3.8) is 0 Å². The monoisotopic (exact) mass is 160 g/mol. The van der Waals surface area contributed by atoms with Crippen LogP contribution in [-0.4, -0.2) is 11.5 Å². The summed E-state index contributed by atoms with van der Waals surface area (Å²) in [5.74, 6) is -3.18. The molecule has 0 aromatic carbocycles. The molecule has 0 saturated carbocycles. The molecule has 0 unspecified atom stereocenters. The van der Waals surface area contributed by atoms with Gasteiger partial charge in [0, 0.05) is 0 Å². The van der Waals surface area contributed by atoms with E-state index in [9.17, 15) is 17.6 Å².